The molecule has 2 atom stereocenters. The fourth-order valence-electron chi connectivity index (χ4n) is 5.46. The van der Waals surface area contributed by atoms with E-state index < -0.39 is 17.6 Å². The maximum Gasteiger partial charge on any atom is 0.256 e. The Bertz CT molecular complexity index is 1160. The maximum atomic E-state index is 13.8. The molecule has 0 aliphatic carbocycles. The van der Waals surface area contributed by atoms with E-state index in [1.807, 2.05) is 25.1 Å². The first-order valence-corrected chi connectivity index (χ1v) is 12.8. The van der Waals surface area contributed by atoms with Gasteiger partial charge in [-0.2, -0.15) is 0 Å². The molecule has 3 saturated heterocycles. The number of hydrogen-bond acceptors (Lipinski definition) is 5. The minimum atomic E-state index is -0.994. The lowest BCUT2D eigenvalue weighted by Gasteiger charge is -2.44. The van der Waals surface area contributed by atoms with Gasteiger partial charge in [-0.15, -0.1) is 0 Å². The van der Waals surface area contributed by atoms with Crippen molar-refractivity contribution in [3.8, 4) is 0 Å². The summed E-state index contributed by atoms with van der Waals surface area (Å²) in [6.45, 7) is 3.78. The summed E-state index contributed by atoms with van der Waals surface area (Å²) in [6, 6.07) is 12.0. The summed E-state index contributed by atoms with van der Waals surface area (Å²) in [5.74, 6) is -1.13. The maximum absolute atomic E-state index is 13.8. The molecule has 1 spiro atoms. The number of nitrogens with zero attached hydrogens (tertiary/aromatic N) is 2. The van der Waals surface area contributed by atoms with Gasteiger partial charge in [0.15, 0.2) is 0 Å². The topological polar surface area (TPSA) is 88.2 Å². The van der Waals surface area contributed by atoms with E-state index in [9.17, 15) is 18.8 Å². The van der Waals surface area contributed by atoms with Crippen molar-refractivity contribution in [2.45, 2.75) is 50.5 Å². The molecule has 0 aromatic heterocycles. The summed E-state index contributed by atoms with van der Waals surface area (Å²) in [7, 11) is 0. The Kier molecular flexibility index (Phi) is 7.26. The van der Waals surface area contributed by atoms with E-state index in [0.29, 0.717) is 50.2 Å². The molecule has 5 rings (SSSR count). The van der Waals surface area contributed by atoms with Gasteiger partial charge in [0.05, 0.1) is 12.7 Å². The van der Waals surface area contributed by atoms with Gasteiger partial charge >= 0.3 is 0 Å². The molecule has 0 radical (unpaired) electrons. The summed E-state index contributed by atoms with van der Waals surface area (Å²) < 4.78 is 25.2. The zero-order chi connectivity index (χ0) is 26.0. The molecule has 1 N–H and O–H groups in total. The van der Waals surface area contributed by atoms with Crippen LogP contribution in [0.4, 0.5) is 4.39 Å². The quantitative estimate of drug-likeness (QED) is 0.670. The standard InChI is InChI=1S/C28H32FN3O5/c1-19-4-2-5-21(16-19)27(35)32-24(25(33)30-17-23-6-3-15-36-23)18-37-28(32)11-13-31(14-12-28)26(34)20-7-9-22(29)10-8-20/h2,4-5,7-10,16,23-24H,3,6,11-15,17-18H2,1H3,(H,30,33). The molecule has 0 bridgehead atoms. The number of aryl methyl sites for hydroxylation is 1. The molecule has 0 saturated carbocycles. The van der Waals surface area contributed by atoms with Crippen LogP contribution < -0.4 is 5.32 Å². The van der Waals surface area contributed by atoms with E-state index in [0.717, 1.165) is 18.4 Å². The van der Waals surface area contributed by atoms with Crippen molar-refractivity contribution in [1.29, 1.82) is 0 Å². The lowest BCUT2D eigenvalue weighted by molar-refractivity contribution is -0.128. The summed E-state index contributed by atoms with van der Waals surface area (Å²) in [6.07, 6.45) is 2.60. The second-order valence-electron chi connectivity index (χ2n) is 10.00. The molecule has 3 aliphatic heterocycles. The van der Waals surface area contributed by atoms with Crippen LogP contribution in [0, 0.1) is 12.7 Å². The van der Waals surface area contributed by atoms with Gasteiger partial charge in [0.2, 0.25) is 5.91 Å². The second-order valence-corrected chi connectivity index (χ2v) is 10.00. The fourth-order valence-corrected chi connectivity index (χ4v) is 5.46. The molecule has 3 fully saturated rings. The van der Waals surface area contributed by atoms with Crippen molar-refractivity contribution in [3.05, 3.63) is 71.0 Å². The molecule has 8 nitrogen and oxygen atoms in total. The number of ether oxygens (including phenoxy) is 2. The summed E-state index contributed by atoms with van der Waals surface area (Å²) in [5, 5.41) is 2.96. The smallest absolute Gasteiger partial charge is 0.256 e. The highest BCUT2D eigenvalue weighted by atomic mass is 19.1. The first-order chi connectivity index (χ1) is 17.9. The zero-order valence-electron chi connectivity index (χ0n) is 21.0. The Balaban J connectivity index is 1.34. The zero-order valence-corrected chi connectivity index (χ0v) is 21.0. The largest absolute Gasteiger partial charge is 0.376 e. The number of halogens is 1. The van der Waals surface area contributed by atoms with E-state index in [2.05, 4.69) is 5.32 Å². The number of carbonyl (C=O) groups is 3. The van der Waals surface area contributed by atoms with Crippen LogP contribution in [-0.4, -0.2) is 78.2 Å². The highest BCUT2D eigenvalue weighted by Gasteiger charge is 2.54. The third kappa shape index (κ3) is 5.24. The number of nitrogens with one attached hydrogen (secondary N) is 1. The van der Waals surface area contributed by atoms with E-state index in [-0.39, 0.29) is 30.4 Å². The fraction of sp³-hybridized carbons (Fsp3) is 0.464. The van der Waals surface area contributed by atoms with Crippen LogP contribution in [0.15, 0.2) is 48.5 Å². The number of carbonyl (C=O) groups excluding carboxylic acids is 3. The van der Waals surface area contributed by atoms with Crippen LogP contribution in [-0.2, 0) is 14.3 Å². The van der Waals surface area contributed by atoms with E-state index in [1.165, 1.54) is 24.3 Å². The first-order valence-electron chi connectivity index (χ1n) is 12.8. The average molecular weight is 510 g/mol. The summed E-state index contributed by atoms with van der Waals surface area (Å²) >= 11 is 0. The molecule has 2 aromatic carbocycles. The average Bonchev–Trinajstić information content (AvgIpc) is 3.56. The number of piperidine rings is 1. The molecular formula is C28H32FN3O5. The number of rotatable bonds is 5. The minimum absolute atomic E-state index is 0.0122. The Labute approximate surface area is 215 Å². The van der Waals surface area contributed by atoms with Crippen LogP contribution in [0.25, 0.3) is 0 Å². The van der Waals surface area contributed by atoms with Gasteiger partial charge < -0.3 is 19.7 Å². The highest BCUT2D eigenvalue weighted by molar-refractivity contribution is 5.99. The molecule has 37 heavy (non-hydrogen) atoms. The van der Waals surface area contributed by atoms with Gasteiger partial charge in [-0.1, -0.05) is 17.7 Å². The Morgan fingerprint density at radius 3 is 2.49 bits per heavy atom. The Hall–Kier alpha value is -3.30. The van der Waals surface area contributed by atoms with Crippen molar-refractivity contribution in [2.24, 2.45) is 0 Å². The molecule has 196 valence electrons. The molecule has 2 unspecified atom stereocenters. The van der Waals surface area contributed by atoms with Gasteiger partial charge in [0.1, 0.15) is 17.6 Å². The monoisotopic (exact) mass is 509 g/mol. The van der Waals surface area contributed by atoms with Crippen LogP contribution in [0.2, 0.25) is 0 Å². The number of hydrogen-bond donors (Lipinski definition) is 1. The van der Waals surface area contributed by atoms with Gasteiger partial charge in [-0.05, 0) is 56.2 Å². The first kappa shape index (κ1) is 25.4. The predicted octanol–water partition coefficient (Wildman–Crippen LogP) is 2.90. The van der Waals surface area contributed by atoms with Crippen molar-refractivity contribution >= 4 is 17.7 Å². The van der Waals surface area contributed by atoms with Gasteiger partial charge in [0.25, 0.3) is 11.8 Å². The lowest BCUT2D eigenvalue weighted by atomic mass is 9.95. The van der Waals surface area contributed by atoms with Crippen molar-refractivity contribution < 1.29 is 28.2 Å². The van der Waals surface area contributed by atoms with Crippen LogP contribution in [0.3, 0.4) is 0 Å². The third-order valence-electron chi connectivity index (χ3n) is 7.50. The Morgan fingerprint density at radius 1 is 1.05 bits per heavy atom. The summed E-state index contributed by atoms with van der Waals surface area (Å²) in [5.41, 5.74) is 0.848. The second kappa shape index (κ2) is 10.6. The van der Waals surface area contributed by atoms with Crippen LogP contribution in [0.1, 0.15) is 52.0 Å². The van der Waals surface area contributed by atoms with Crippen molar-refractivity contribution in [3.63, 3.8) is 0 Å². The lowest BCUT2D eigenvalue weighted by Crippen LogP contribution is -2.60. The number of amides is 3. The van der Waals surface area contributed by atoms with E-state index in [1.54, 1.807) is 15.9 Å². The molecule has 3 aliphatic rings. The third-order valence-corrected chi connectivity index (χ3v) is 7.50. The number of benzene rings is 2. The Morgan fingerprint density at radius 2 is 1.81 bits per heavy atom. The predicted molar refractivity (Wildman–Crippen MR) is 133 cm³/mol. The SMILES string of the molecule is Cc1cccc(C(=O)N2C(C(=O)NCC3CCCO3)COC23CCN(C(=O)c2ccc(F)cc2)CC3)c1. The molecular weight excluding hydrogens is 477 g/mol. The summed E-state index contributed by atoms with van der Waals surface area (Å²) in [4.78, 5) is 43.4. The molecule has 3 amide bonds. The van der Waals surface area contributed by atoms with Gasteiger partial charge in [-0.3, -0.25) is 19.3 Å². The van der Waals surface area contributed by atoms with E-state index in [4.69, 9.17) is 9.47 Å². The van der Waals surface area contributed by atoms with Gasteiger partial charge in [-0.25, -0.2) is 4.39 Å². The molecule has 9 heteroatoms. The van der Waals surface area contributed by atoms with Gasteiger partial charge in [0, 0.05) is 50.2 Å². The van der Waals surface area contributed by atoms with Crippen LogP contribution >= 0.6 is 0 Å². The van der Waals surface area contributed by atoms with Crippen molar-refractivity contribution in [2.75, 3.05) is 32.8 Å². The van der Waals surface area contributed by atoms with Crippen molar-refractivity contribution in [1.82, 2.24) is 15.1 Å². The van der Waals surface area contributed by atoms with Crippen LogP contribution in [0.5, 0.6) is 0 Å². The minimum Gasteiger partial charge on any atom is -0.376 e. The van der Waals surface area contributed by atoms with E-state index >= 15 is 0 Å². The normalized spacial score (nSPS) is 22.9. The molecule has 2 aromatic rings. The molecule has 3 heterocycles. The highest BCUT2D eigenvalue weighted by Crippen LogP contribution is 2.39. The number of likely N-dealkylation sites (tertiary alicyclic amines) is 1.